The zero-order valence-corrected chi connectivity index (χ0v) is 11.2. The van der Waals surface area contributed by atoms with Crippen molar-refractivity contribution in [3.05, 3.63) is 53.3 Å². The molecule has 2 aromatic heterocycles. The zero-order chi connectivity index (χ0) is 13.9. The van der Waals surface area contributed by atoms with Crippen LogP contribution in [0, 0.1) is 0 Å². The molecule has 20 heavy (non-hydrogen) atoms. The summed E-state index contributed by atoms with van der Waals surface area (Å²) < 4.78 is 0. The van der Waals surface area contributed by atoms with Crippen molar-refractivity contribution in [2.24, 2.45) is 0 Å². The maximum atomic E-state index is 12.0. The van der Waals surface area contributed by atoms with Crippen molar-refractivity contribution >= 4 is 34.2 Å². The first kappa shape index (κ1) is 12.6. The Morgan fingerprint density at radius 1 is 1.35 bits per heavy atom. The molecule has 0 spiro atoms. The van der Waals surface area contributed by atoms with Crippen LogP contribution in [-0.2, 0) is 11.2 Å². The van der Waals surface area contributed by atoms with Gasteiger partial charge in [0.25, 0.3) is 0 Å². The molecule has 0 saturated heterocycles. The Labute approximate surface area is 120 Å². The average Bonchev–Trinajstić information content (AvgIpc) is 2.82. The Morgan fingerprint density at radius 3 is 3.05 bits per heavy atom. The number of pyridine rings is 1. The molecule has 0 aliphatic rings. The van der Waals surface area contributed by atoms with E-state index in [1.807, 2.05) is 12.1 Å². The smallest absolute Gasteiger partial charge is 0.230 e. The van der Waals surface area contributed by atoms with Gasteiger partial charge in [-0.3, -0.25) is 14.9 Å². The van der Waals surface area contributed by atoms with Crippen LogP contribution in [0.4, 0.5) is 5.82 Å². The number of fused-ring (bicyclic) bond motifs is 1. The Kier molecular flexibility index (Phi) is 3.35. The maximum absolute atomic E-state index is 12.0. The van der Waals surface area contributed by atoms with E-state index in [1.54, 1.807) is 30.6 Å². The van der Waals surface area contributed by atoms with Gasteiger partial charge in [0, 0.05) is 22.8 Å². The van der Waals surface area contributed by atoms with E-state index < -0.39 is 0 Å². The van der Waals surface area contributed by atoms with Gasteiger partial charge >= 0.3 is 0 Å². The quantitative estimate of drug-likeness (QED) is 0.778. The molecule has 100 valence electrons. The predicted molar refractivity (Wildman–Crippen MR) is 77.7 cm³/mol. The highest BCUT2D eigenvalue weighted by Gasteiger charge is 2.10. The van der Waals surface area contributed by atoms with Crippen molar-refractivity contribution in [3.8, 4) is 0 Å². The number of halogens is 1. The van der Waals surface area contributed by atoms with E-state index in [0.29, 0.717) is 10.8 Å². The number of hydrogen-bond acceptors (Lipinski definition) is 3. The third-order valence-corrected chi connectivity index (χ3v) is 3.11. The van der Waals surface area contributed by atoms with E-state index in [-0.39, 0.29) is 12.3 Å². The molecule has 0 bridgehead atoms. The molecule has 5 nitrogen and oxygen atoms in total. The van der Waals surface area contributed by atoms with Gasteiger partial charge in [-0.05, 0) is 29.8 Å². The van der Waals surface area contributed by atoms with E-state index in [2.05, 4.69) is 20.5 Å². The molecule has 2 heterocycles. The average molecular weight is 287 g/mol. The van der Waals surface area contributed by atoms with Crippen LogP contribution in [-0.4, -0.2) is 21.1 Å². The first-order chi connectivity index (χ1) is 9.72. The van der Waals surface area contributed by atoms with Gasteiger partial charge in [-0.2, -0.15) is 5.10 Å². The van der Waals surface area contributed by atoms with Crippen molar-refractivity contribution in [3.63, 3.8) is 0 Å². The SMILES string of the molecule is O=C(Cc1cccnc1)Nc1n[nH]c2cc(Cl)ccc12. The molecule has 1 amide bonds. The molecule has 0 aliphatic heterocycles. The van der Waals surface area contributed by atoms with Crippen molar-refractivity contribution in [1.29, 1.82) is 0 Å². The summed E-state index contributed by atoms with van der Waals surface area (Å²) in [6.07, 6.45) is 3.60. The normalized spacial score (nSPS) is 10.7. The van der Waals surface area contributed by atoms with Crippen LogP contribution in [0.25, 0.3) is 10.9 Å². The molecule has 3 rings (SSSR count). The van der Waals surface area contributed by atoms with Crippen LogP contribution in [0.2, 0.25) is 5.02 Å². The maximum Gasteiger partial charge on any atom is 0.230 e. The summed E-state index contributed by atoms with van der Waals surface area (Å²) in [4.78, 5) is 15.9. The van der Waals surface area contributed by atoms with Gasteiger partial charge in [0.1, 0.15) is 0 Å². The van der Waals surface area contributed by atoms with Gasteiger partial charge in [0.2, 0.25) is 5.91 Å². The lowest BCUT2D eigenvalue weighted by Gasteiger charge is -2.02. The van der Waals surface area contributed by atoms with Crippen molar-refractivity contribution in [1.82, 2.24) is 15.2 Å². The van der Waals surface area contributed by atoms with Gasteiger partial charge in [-0.25, -0.2) is 0 Å². The molecule has 1 aromatic carbocycles. The minimum absolute atomic E-state index is 0.138. The monoisotopic (exact) mass is 286 g/mol. The molecule has 0 atom stereocenters. The standard InChI is InChI=1S/C14H11ClN4O/c15-10-3-4-11-12(7-10)18-19-14(11)17-13(20)6-9-2-1-5-16-8-9/h1-5,7-8H,6H2,(H2,17,18,19,20). The van der Waals surface area contributed by atoms with Crippen molar-refractivity contribution < 1.29 is 4.79 Å². The molecule has 0 radical (unpaired) electrons. The summed E-state index contributed by atoms with van der Waals surface area (Å²) in [5.74, 6) is 0.368. The number of aromatic nitrogens is 3. The summed E-state index contributed by atoms with van der Waals surface area (Å²) in [7, 11) is 0. The Morgan fingerprint density at radius 2 is 2.25 bits per heavy atom. The topological polar surface area (TPSA) is 70.7 Å². The highest BCUT2D eigenvalue weighted by molar-refractivity contribution is 6.31. The fourth-order valence-corrected chi connectivity index (χ4v) is 2.12. The largest absolute Gasteiger partial charge is 0.308 e. The van der Waals surface area contributed by atoms with Gasteiger partial charge in [-0.15, -0.1) is 0 Å². The highest BCUT2D eigenvalue weighted by Crippen LogP contribution is 2.23. The molecular formula is C14H11ClN4O. The summed E-state index contributed by atoms with van der Waals surface area (Å²) in [5, 5.41) is 11.2. The number of benzene rings is 1. The number of carbonyl (C=O) groups is 1. The second-order valence-corrected chi connectivity index (χ2v) is 4.78. The van der Waals surface area contributed by atoms with Crippen LogP contribution < -0.4 is 5.32 Å². The fourth-order valence-electron chi connectivity index (χ4n) is 1.95. The van der Waals surface area contributed by atoms with Gasteiger partial charge in [0.15, 0.2) is 5.82 Å². The van der Waals surface area contributed by atoms with E-state index in [1.165, 1.54) is 0 Å². The second kappa shape index (κ2) is 5.30. The van der Waals surface area contributed by atoms with Crippen LogP contribution in [0.15, 0.2) is 42.7 Å². The Hall–Kier alpha value is -2.40. The van der Waals surface area contributed by atoms with Crippen molar-refractivity contribution in [2.75, 3.05) is 5.32 Å². The summed E-state index contributed by atoms with van der Waals surface area (Å²) in [6.45, 7) is 0. The molecule has 0 fully saturated rings. The highest BCUT2D eigenvalue weighted by atomic mass is 35.5. The van der Waals surface area contributed by atoms with Crippen LogP contribution in [0.5, 0.6) is 0 Å². The number of nitrogens with one attached hydrogen (secondary N) is 2. The zero-order valence-electron chi connectivity index (χ0n) is 10.4. The molecular weight excluding hydrogens is 276 g/mol. The van der Waals surface area contributed by atoms with Crippen molar-refractivity contribution in [2.45, 2.75) is 6.42 Å². The van der Waals surface area contributed by atoms with Gasteiger partial charge in [-0.1, -0.05) is 17.7 Å². The molecule has 3 aromatic rings. The summed E-state index contributed by atoms with van der Waals surface area (Å²) in [5.41, 5.74) is 1.64. The van der Waals surface area contributed by atoms with Crippen LogP contribution in [0.1, 0.15) is 5.56 Å². The number of amides is 1. The lowest BCUT2D eigenvalue weighted by atomic mass is 10.2. The Bertz CT molecular complexity index is 754. The fraction of sp³-hybridized carbons (Fsp3) is 0.0714. The predicted octanol–water partition coefficient (Wildman–Crippen LogP) is 2.79. The Balaban J connectivity index is 1.78. The van der Waals surface area contributed by atoms with Crippen LogP contribution in [0.3, 0.4) is 0 Å². The van der Waals surface area contributed by atoms with Gasteiger partial charge < -0.3 is 5.32 Å². The lowest BCUT2D eigenvalue weighted by Crippen LogP contribution is -2.14. The summed E-state index contributed by atoms with van der Waals surface area (Å²) in [6, 6.07) is 9.00. The number of rotatable bonds is 3. The minimum Gasteiger partial charge on any atom is -0.308 e. The number of hydrogen-bond donors (Lipinski definition) is 2. The van der Waals surface area contributed by atoms with E-state index >= 15 is 0 Å². The lowest BCUT2D eigenvalue weighted by molar-refractivity contribution is -0.115. The minimum atomic E-state index is -0.138. The van der Waals surface area contributed by atoms with Gasteiger partial charge in [0.05, 0.1) is 11.9 Å². The number of nitrogens with zero attached hydrogens (tertiary/aromatic N) is 2. The first-order valence-corrected chi connectivity index (χ1v) is 6.42. The third-order valence-electron chi connectivity index (χ3n) is 2.87. The molecule has 0 saturated carbocycles. The first-order valence-electron chi connectivity index (χ1n) is 6.05. The molecule has 2 N–H and O–H groups in total. The number of H-pyrrole nitrogens is 1. The summed E-state index contributed by atoms with van der Waals surface area (Å²) >= 11 is 5.90. The van der Waals surface area contributed by atoms with Crippen LogP contribution >= 0.6 is 11.6 Å². The molecule has 0 aliphatic carbocycles. The third kappa shape index (κ3) is 2.62. The molecule has 6 heteroatoms. The number of carbonyl (C=O) groups excluding carboxylic acids is 1. The second-order valence-electron chi connectivity index (χ2n) is 4.35. The molecule has 0 unspecified atom stereocenters. The van der Waals surface area contributed by atoms with E-state index in [0.717, 1.165) is 16.5 Å². The van der Waals surface area contributed by atoms with E-state index in [9.17, 15) is 4.79 Å². The number of aromatic amines is 1. The van der Waals surface area contributed by atoms with E-state index in [4.69, 9.17) is 11.6 Å². The number of anilines is 1.